The van der Waals surface area contributed by atoms with Crippen molar-refractivity contribution in [2.24, 2.45) is 5.92 Å². The van der Waals surface area contributed by atoms with Gasteiger partial charge in [0.05, 0.1) is 12.7 Å². The first-order chi connectivity index (χ1) is 7.61. The summed E-state index contributed by atoms with van der Waals surface area (Å²) in [5.74, 6) is 0.126. The number of aliphatic hydroxyl groups is 1. The molecule has 0 bridgehead atoms. The van der Waals surface area contributed by atoms with Crippen molar-refractivity contribution in [3.63, 3.8) is 0 Å². The number of hydrogen-bond donors (Lipinski definition) is 2. The van der Waals surface area contributed by atoms with Crippen LogP contribution >= 0.6 is 0 Å². The van der Waals surface area contributed by atoms with Gasteiger partial charge in [0.2, 0.25) is 0 Å². The second-order valence-corrected chi connectivity index (χ2v) is 4.06. The van der Waals surface area contributed by atoms with Crippen LogP contribution in [0.25, 0.3) is 0 Å². The van der Waals surface area contributed by atoms with E-state index in [0.29, 0.717) is 6.42 Å². The Balaban J connectivity index is 2.31. The Kier molecular flexibility index (Phi) is 2.93. The van der Waals surface area contributed by atoms with Gasteiger partial charge in [-0.2, -0.15) is 0 Å². The van der Waals surface area contributed by atoms with E-state index in [1.54, 1.807) is 0 Å². The quantitative estimate of drug-likeness (QED) is 0.708. The van der Waals surface area contributed by atoms with Crippen LogP contribution in [0.1, 0.15) is 19.6 Å². The fourth-order valence-corrected chi connectivity index (χ4v) is 2.00. The van der Waals surface area contributed by atoms with Crippen molar-refractivity contribution in [2.45, 2.75) is 25.7 Å². The Labute approximate surface area is 91.5 Å². The van der Waals surface area contributed by atoms with Crippen LogP contribution in [0.2, 0.25) is 0 Å². The van der Waals surface area contributed by atoms with Gasteiger partial charge in [0.25, 0.3) is 5.56 Å². The van der Waals surface area contributed by atoms with E-state index in [-0.39, 0.29) is 18.6 Å². The Hall–Kier alpha value is -1.40. The van der Waals surface area contributed by atoms with Crippen molar-refractivity contribution in [1.29, 1.82) is 0 Å². The largest absolute Gasteiger partial charge is 0.394 e. The van der Waals surface area contributed by atoms with E-state index >= 15 is 0 Å². The number of rotatable bonds is 2. The molecule has 1 aromatic heterocycles. The second-order valence-electron chi connectivity index (χ2n) is 4.06. The summed E-state index contributed by atoms with van der Waals surface area (Å²) in [7, 11) is 0. The van der Waals surface area contributed by atoms with E-state index in [1.807, 2.05) is 6.92 Å². The molecule has 0 radical (unpaired) electrons. The molecule has 1 saturated heterocycles. The lowest BCUT2D eigenvalue weighted by Crippen LogP contribution is -2.33. The molecule has 0 aliphatic carbocycles. The average molecular weight is 226 g/mol. The van der Waals surface area contributed by atoms with E-state index in [1.165, 1.54) is 16.8 Å². The van der Waals surface area contributed by atoms with Gasteiger partial charge in [-0.3, -0.25) is 14.3 Å². The fourth-order valence-electron chi connectivity index (χ4n) is 2.00. The third-order valence-electron chi connectivity index (χ3n) is 2.78. The molecule has 1 aliphatic rings. The van der Waals surface area contributed by atoms with Gasteiger partial charge in [-0.15, -0.1) is 0 Å². The molecule has 16 heavy (non-hydrogen) atoms. The van der Waals surface area contributed by atoms with Crippen molar-refractivity contribution < 1.29 is 9.84 Å². The van der Waals surface area contributed by atoms with Crippen molar-refractivity contribution in [2.75, 3.05) is 6.61 Å². The Morgan fingerprint density at radius 3 is 2.94 bits per heavy atom. The molecular weight excluding hydrogens is 212 g/mol. The van der Waals surface area contributed by atoms with Crippen molar-refractivity contribution in [1.82, 2.24) is 9.55 Å². The van der Waals surface area contributed by atoms with Gasteiger partial charge in [0, 0.05) is 18.2 Å². The summed E-state index contributed by atoms with van der Waals surface area (Å²) in [5, 5.41) is 8.99. The minimum absolute atomic E-state index is 0.0566. The minimum atomic E-state index is -0.483. The van der Waals surface area contributed by atoms with Crippen LogP contribution in [0.4, 0.5) is 0 Å². The van der Waals surface area contributed by atoms with Gasteiger partial charge in [-0.05, 0) is 6.42 Å². The lowest BCUT2D eigenvalue weighted by atomic mass is 10.1. The van der Waals surface area contributed by atoms with Gasteiger partial charge >= 0.3 is 5.69 Å². The molecule has 1 aromatic rings. The number of aliphatic hydroxyl groups excluding tert-OH is 1. The number of nitrogens with zero attached hydrogens (tertiary/aromatic N) is 1. The highest BCUT2D eigenvalue weighted by molar-refractivity contribution is 4.87. The Morgan fingerprint density at radius 1 is 1.62 bits per heavy atom. The second kappa shape index (κ2) is 4.23. The molecule has 2 unspecified atom stereocenters. The monoisotopic (exact) mass is 226 g/mol. The molecule has 0 spiro atoms. The van der Waals surface area contributed by atoms with E-state index in [9.17, 15) is 9.59 Å². The smallest absolute Gasteiger partial charge is 0.330 e. The summed E-state index contributed by atoms with van der Waals surface area (Å²) >= 11 is 0. The first kappa shape index (κ1) is 11.1. The highest BCUT2D eigenvalue weighted by Crippen LogP contribution is 2.32. The molecule has 0 aromatic carbocycles. The van der Waals surface area contributed by atoms with E-state index in [4.69, 9.17) is 9.84 Å². The van der Waals surface area contributed by atoms with Crippen molar-refractivity contribution in [3.05, 3.63) is 33.1 Å². The van der Waals surface area contributed by atoms with Crippen molar-refractivity contribution in [3.8, 4) is 0 Å². The highest BCUT2D eigenvalue weighted by Gasteiger charge is 2.33. The van der Waals surface area contributed by atoms with Gasteiger partial charge in [-0.25, -0.2) is 4.79 Å². The van der Waals surface area contributed by atoms with E-state index in [2.05, 4.69) is 4.98 Å². The number of aromatic nitrogens is 2. The first-order valence-corrected chi connectivity index (χ1v) is 5.19. The molecule has 2 N–H and O–H groups in total. The summed E-state index contributed by atoms with van der Waals surface area (Å²) in [6.07, 6.45) is 1.47. The maximum Gasteiger partial charge on any atom is 0.330 e. The van der Waals surface area contributed by atoms with Gasteiger partial charge in [0.15, 0.2) is 0 Å². The average Bonchev–Trinajstić information content (AvgIpc) is 2.60. The van der Waals surface area contributed by atoms with Crippen LogP contribution in [-0.2, 0) is 4.74 Å². The molecule has 6 heteroatoms. The predicted octanol–water partition coefficient (Wildman–Crippen LogP) is -0.547. The normalized spacial score (nSPS) is 29.5. The highest BCUT2D eigenvalue weighted by atomic mass is 16.5. The Morgan fingerprint density at radius 2 is 2.38 bits per heavy atom. The van der Waals surface area contributed by atoms with Crippen molar-refractivity contribution >= 4 is 0 Å². The topological polar surface area (TPSA) is 84.3 Å². The summed E-state index contributed by atoms with van der Waals surface area (Å²) in [6, 6.07) is 1.28. The van der Waals surface area contributed by atoms with Gasteiger partial charge < -0.3 is 9.84 Å². The van der Waals surface area contributed by atoms with Crippen LogP contribution in [0.15, 0.2) is 21.9 Å². The van der Waals surface area contributed by atoms with Gasteiger partial charge in [-0.1, -0.05) is 6.92 Å². The lowest BCUT2D eigenvalue weighted by molar-refractivity contribution is -0.0336. The predicted molar refractivity (Wildman–Crippen MR) is 56.1 cm³/mol. The number of H-pyrrole nitrogens is 1. The summed E-state index contributed by atoms with van der Waals surface area (Å²) in [4.78, 5) is 24.6. The molecular formula is C10H14N2O4. The molecule has 3 atom stereocenters. The third kappa shape index (κ3) is 1.94. The van der Waals surface area contributed by atoms with E-state index in [0.717, 1.165) is 0 Å². The van der Waals surface area contributed by atoms with Gasteiger partial charge in [0.1, 0.15) is 6.23 Å². The summed E-state index contributed by atoms with van der Waals surface area (Å²) in [6.45, 7) is 1.89. The minimum Gasteiger partial charge on any atom is -0.394 e. The van der Waals surface area contributed by atoms with Crippen LogP contribution in [0.3, 0.4) is 0 Å². The molecule has 0 saturated carbocycles. The zero-order chi connectivity index (χ0) is 11.7. The first-order valence-electron chi connectivity index (χ1n) is 5.19. The molecule has 0 amide bonds. The SMILES string of the molecule is C[C@H]1CC(CO)OC1n1ccc(=O)[nH]c1=O. The van der Waals surface area contributed by atoms with Crippen LogP contribution in [-0.4, -0.2) is 27.4 Å². The lowest BCUT2D eigenvalue weighted by Gasteiger charge is -2.17. The molecule has 1 fully saturated rings. The standard InChI is InChI=1S/C10H14N2O4/c1-6-4-7(5-13)16-9(6)12-3-2-8(14)11-10(12)15/h2-3,6-7,9,13H,4-5H2,1H3,(H,11,14,15)/t6-,7?,9?/m0/s1. The molecule has 88 valence electrons. The summed E-state index contributed by atoms with van der Waals surface area (Å²) in [5.41, 5.74) is -0.909. The molecule has 2 rings (SSSR count). The third-order valence-corrected chi connectivity index (χ3v) is 2.78. The number of aromatic amines is 1. The number of ether oxygens (including phenoxy) is 1. The summed E-state index contributed by atoms with van der Waals surface area (Å²) < 4.78 is 6.87. The Bertz CT molecular complexity index is 478. The molecule has 2 heterocycles. The zero-order valence-corrected chi connectivity index (χ0v) is 8.92. The maximum atomic E-state index is 11.5. The van der Waals surface area contributed by atoms with Crippen LogP contribution in [0, 0.1) is 5.92 Å². The van der Waals surface area contributed by atoms with E-state index < -0.39 is 17.5 Å². The molecule has 6 nitrogen and oxygen atoms in total. The fraction of sp³-hybridized carbons (Fsp3) is 0.600. The number of nitrogens with one attached hydrogen (secondary N) is 1. The van der Waals surface area contributed by atoms with Crippen LogP contribution < -0.4 is 11.2 Å². The van der Waals surface area contributed by atoms with Crippen LogP contribution in [0.5, 0.6) is 0 Å². The molecule has 1 aliphatic heterocycles. The maximum absolute atomic E-state index is 11.5. The number of hydrogen-bond acceptors (Lipinski definition) is 4. The zero-order valence-electron chi connectivity index (χ0n) is 8.92.